The predicted molar refractivity (Wildman–Crippen MR) is 145 cm³/mol. The number of carbonyl (C=O) groups is 2. The third-order valence-electron chi connectivity index (χ3n) is 5.85. The number of esters is 1. The molecule has 0 aromatic heterocycles. The molecule has 0 saturated heterocycles. The largest absolute Gasteiger partial charge is 0.487 e. The molecule has 178 valence electrons. The Hall–Kier alpha value is -2.67. The molecule has 0 amide bonds. The number of ketones is 1. The maximum absolute atomic E-state index is 12.6. The van der Waals surface area contributed by atoms with Gasteiger partial charge < -0.3 is 9.47 Å². The summed E-state index contributed by atoms with van der Waals surface area (Å²) >= 11 is 2.32. The van der Waals surface area contributed by atoms with Crippen molar-refractivity contribution in [1.82, 2.24) is 0 Å². The average molecular weight is 570 g/mol. The lowest BCUT2D eigenvalue weighted by atomic mass is 9.82. The van der Waals surface area contributed by atoms with Crippen LogP contribution in [0.4, 0.5) is 0 Å². The third-order valence-corrected chi connectivity index (χ3v) is 7.69. The molecule has 0 atom stereocenters. The highest BCUT2D eigenvalue weighted by Gasteiger charge is 2.26. The van der Waals surface area contributed by atoms with Gasteiger partial charge in [0.25, 0.3) is 0 Å². The van der Waals surface area contributed by atoms with Crippen molar-refractivity contribution in [2.24, 2.45) is 5.41 Å². The molecule has 0 radical (unpaired) electrons. The Kier molecular flexibility index (Phi) is 8.18. The maximum atomic E-state index is 12.6. The van der Waals surface area contributed by atoms with E-state index in [1.807, 2.05) is 57.2 Å². The summed E-state index contributed by atoms with van der Waals surface area (Å²) in [6.45, 7) is 9.97. The summed E-state index contributed by atoms with van der Waals surface area (Å²) in [4.78, 5) is 25.1. The highest BCUT2D eigenvalue weighted by molar-refractivity contribution is 14.1. The smallest absolute Gasteiger partial charge is 0.343 e. The quantitative estimate of drug-likeness (QED) is 0.0867. The van der Waals surface area contributed by atoms with E-state index in [1.165, 1.54) is 0 Å². The summed E-state index contributed by atoms with van der Waals surface area (Å²) in [5.41, 5.74) is 2.42. The summed E-state index contributed by atoms with van der Waals surface area (Å²) in [6.07, 6.45) is 0.750. The minimum absolute atomic E-state index is 0.0683. The maximum Gasteiger partial charge on any atom is 0.343 e. The molecule has 0 unspecified atom stereocenters. The summed E-state index contributed by atoms with van der Waals surface area (Å²) in [6, 6.07) is 22.0. The van der Waals surface area contributed by atoms with E-state index in [9.17, 15) is 9.59 Å². The van der Waals surface area contributed by atoms with Crippen LogP contribution in [0, 0.1) is 5.41 Å². The number of Topliss-reactive ketones (excluding diaryl/α,β-unsaturated/α-hetero) is 1. The number of halogens is 1. The van der Waals surface area contributed by atoms with E-state index in [0.717, 1.165) is 27.7 Å². The van der Waals surface area contributed by atoms with Crippen LogP contribution in [-0.2, 0) is 0 Å². The first-order valence-corrected chi connectivity index (χ1v) is 12.9. The first-order valence-electron chi connectivity index (χ1n) is 11.4. The fourth-order valence-corrected chi connectivity index (χ4v) is 3.41. The van der Waals surface area contributed by atoms with E-state index in [1.54, 1.807) is 36.4 Å². The van der Waals surface area contributed by atoms with E-state index in [0.29, 0.717) is 16.9 Å². The van der Waals surface area contributed by atoms with Crippen LogP contribution in [0.1, 0.15) is 61.8 Å². The second kappa shape index (κ2) is 10.7. The molecule has 0 aliphatic rings. The van der Waals surface area contributed by atoms with Crippen LogP contribution >= 0.6 is 22.6 Å². The van der Waals surface area contributed by atoms with Crippen molar-refractivity contribution in [3.8, 4) is 22.6 Å². The molecule has 3 aromatic carbocycles. The van der Waals surface area contributed by atoms with Gasteiger partial charge >= 0.3 is 5.97 Å². The number of benzene rings is 3. The van der Waals surface area contributed by atoms with Crippen LogP contribution in [0.3, 0.4) is 0 Å². The fraction of sp³-hybridized carbons (Fsp3) is 0.310. The first kappa shape index (κ1) is 25.9. The number of carbonyl (C=O) groups excluding carboxylic acids is 2. The van der Waals surface area contributed by atoms with Crippen molar-refractivity contribution in [3.63, 3.8) is 0 Å². The Morgan fingerprint density at radius 3 is 1.68 bits per heavy atom. The highest BCUT2D eigenvalue weighted by Crippen LogP contribution is 2.28. The molecular weight excluding hydrogens is 539 g/mol. The standard InChI is InChI=1S/C29H31IO4/c1-6-28(2,3)26(31)22-7-9-23(10-8-22)27(32)33-24-15-11-20(12-16-24)21-13-17-25(18-14-21)34-29(4,5)19-30/h7-18H,6,19H2,1-5H3. The molecule has 0 aliphatic carbocycles. The lowest BCUT2D eigenvalue weighted by Gasteiger charge is -2.24. The molecule has 5 heteroatoms. The van der Waals surface area contributed by atoms with Crippen molar-refractivity contribution >= 4 is 34.3 Å². The predicted octanol–water partition coefficient (Wildman–Crippen LogP) is 7.78. The molecule has 0 bridgehead atoms. The number of ether oxygens (including phenoxy) is 2. The summed E-state index contributed by atoms with van der Waals surface area (Å²) < 4.78 is 12.4. The lowest BCUT2D eigenvalue weighted by Crippen LogP contribution is -2.29. The van der Waals surface area contributed by atoms with Gasteiger partial charge in [-0.3, -0.25) is 4.79 Å². The molecule has 0 spiro atoms. The monoisotopic (exact) mass is 570 g/mol. The third kappa shape index (κ3) is 6.47. The van der Waals surface area contributed by atoms with Gasteiger partial charge in [0.05, 0.1) is 5.56 Å². The van der Waals surface area contributed by atoms with Gasteiger partial charge in [-0.1, -0.05) is 79.8 Å². The molecule has 0 fully saturated rings. The van der Waals surface area contributed by atoms with Crippen LogP contribution in [0.2, 0.25) is 0 Å². The van der Waals surface area contributed by atoms with E-state index in [-0.39, 0.29) is 11.4 Å². The minimum Gasteiger partial charge on any atom is -0.487 e. The van der Waals surface area contributed by atoms with Gasteiger partial charge in [0.1, 0.15) is 17.1 Å². The Balaban J connectivity index is 1.64. The second-order valence-electron chi connectivity index (χ2n) is 9.58. The second-order valence-corrected chi connectivity index (χ2v) is 10.3. The van der Waals surface area contributed by atoms with E-state index in [2.05, 4.69) is 36.4 Å². The van der Waals surface area contributed by atoms with E-state index in [4.69, 9.17) is 9.47 Å². The highest BCUT2D eigenvalue weighted by atomic mass is 127. The number of rotatable bonds is 9. The van der Waals surface area contributed by atoms with E-state index < -0.39 is 11.4 Å². The van der Waals surface area contributed by atoms with Crippen molar-refractivity contribution in [1.29, 1.82) is 0 Å². The van der Waals surface area contributed by atoms with Crippen molar-refractivity contribution in [2.75, 3.05) is 4.43 Å². The topological polar surface area (TPSA) is 52.6 Å². The molecule has 0 saturated carbocycles. The minimum atomic E-state index is -0.458. The Morgan fingerprint density at radius 1 is 0.735 bits per heavy atom. The molecule has 34 heavy (non-hydrogen) atoms. The lowest BCUT2D eigenvalue weighted by molar-refractivity contribution is 0.0733. The molecule has 4 nitrogen and oxygen atoms in total. The van der Waals surface area contributed by atoms with Gasteiger partial charge in [0, 0.05) is 15.4 Å². The van der Waals surface area contributed by atoms with Crippen molar-refractivity contribution in [2.45, 2.75) is 46.6 Å². The average Bonchev–Trinajstić information content (AvgIpc) is 2.84. The summed E-state index contributed by atoms with van der Waals surface area (Å²) in [5.74, 6) is 0.909. The summed E-state index contributed by atoms with van der Waals surface area (Å²) in [5, 5.41) is 0. The molecular formula is C29H31IO4. The van der Waals surface area contributed by atoms with Gasteiger partial charge in [0.2, 0.25) is 0 Å². The van der Waals surface area contributed by atoms with Crippen LogP contribution < -0.4 is 9.47 Å². The van der Waals surface area contributed by atoms with Gasteiger partial charge in [-0.05, 0) is 67.8 Å². The zero-order valence-corrected chi connectivity index (χ0v) is 22.5. The fourth-order valence-electron chi connectivity index (χ4n) is 3.25. The normalized spacial score (nSPS) is 11.7. The Bertz CT molecular complexity index is 1130. The van der Waals surface area contributed by atoms with Gasteiger partial charge in [-0.25, -0.2) is 4.79 Å². The van der Waals surface area contributed by atoms with Crippen LogP contribution in [0.5, 0.6) is 11.5 Å². The van der Waals surface area contributed by atoms with Crippen LogP contribution in [0.25, 0.3) is 11.1 Å². The van der Waals surface area contributed by atoms with Gasteiger partial charge in [-0.15, -0.1) is 0 Å². The molecule has 3 rings (SSSR count). The summed E-state index contributed by atoms with van der Waals surface area (Å²) in [7, 11) is 0. The van der Waals surface area contributed by atoms with Crippen molar-refractivity contribution in [3.05, 3.63) is 83.9 Å². The van der Waals surface area contributed by atoms with Crippen molar-refractivity contribution < 1.29 is 19.1 Å². The first-order chi connectivity index (χ1) is 16.0. The zero-order chi connectivity index (χ0) is 24.9. The molecule has 0 aliphatic heterocycles. The Labute approximate surface area is 215 Å². The number of hydrogen-bond donors (Lipinski definition) is 0. The van der Waals surface area contributed by atoms with Crippen LogP contribution in [-0.4, -0.2) is 21.8 Å². The van der Waals surface area contributed by atoms with Gasteiger partial charge in [-0.2, -0.15) is 0 Å². The van der Waals surface area contributed by atoms with Gasteiger partial charge in [0.15, 0.2) is 5.78 Å². The molecule has 0 N–H and O–H groups in total. The van der Waals surface area contributed by atoms with E-state index >= 15 is 0 Å². The number of hydrogen-bond acceptors (Lipinski definition) is 4. The SMILES string of the molecule is CCC(C)(C)C(=O)c1ccc(C(=O)Oc2ccc(-c3ccc(OC(C)(C)CI)cc3)cc2)cc1. The van der Waals surface area contributed by atoms with Crippen LogP contribution in [0.15, 0.2) is 72.8 Å². The Morgan fingerprint density at radius 2 is 1.21 bits per heavy atom. The molecule has 0 heterocycles. The zero-order valence-electron chi connectivity index (χ0n) is 20.4. The number of alkyl halides is 1. The molecule has 3 aromatic rings.